The number of allylic oxidation sites excluding steroid dienone is 1. The van der Waals surface area contributed by atoms with Crippen molar-refractivity contribution in [2.24, 2.45) is 16.5 Å². The van der Waals surface area contributed by atoms with Crippen LogP contribution in [0, 0.1) is 6.92 Å². The SMILES string of the molecule is CCn1nc(C)cc1C(=O)/N=c1\sc2cc(C(N)=O)cc(OCCC(OC)OC)c2n1C/C=C/CN. The van der Waals surface area contributed by atoms with Crippen molar-refractivity contribution in [3.8, 4) is 5.75 Å². The number of nitrogens with two attached hydrogens (primary N) is 2. The summed E-state index contributed by atoms with van der Waals surface area (Å²) < 4.78 is 20.7. The van der Waals surface area contributed by atoms with Gasteiger partial charge in [-0.3, -0.25) is 14.3 Å². The molecule has 0 unspecified atom stereocenters. The molecule has 0 radical (unpaired) electrons. The van der Waals surface area contributed by atoms with E-state index in [4.69, 9.17) is 25.7 Å². The van der Waals surface area contributed by atoms with Crippen LogP contribution in [-0.4, -0.2) is 59.8 Å². The smallest absolute Gasteiger partial charge is 0.297 e. The van der Waals surface area contributed by atoms with Crippen LogP contribution in [-0.2, 0) is 22.6 Å². The molecule has 0 bridgehead atoms. The van der Waals surface area contributed by atoms with Crippen LogP contribution in [0.3, 0.4) is 0 Å². The topological polar surface area (TPSA) is 149 Å². The number of methoxy groups -OCH3 is 2. The molecule has 4 N–H and O–H groups in total. The lowest BCUT2D eigenvalue weighted by molar-refractivity contribution is -0.110. The van der Waals surface area contributed by atoms with E-state index < -0.39 is 18.1 Å². The molecule has 0 aliphatic carbocycles. The van der Waals surface area contributed by atoms with Gasteiger partial charge in [0.1, 0.15) is 17.0 Å². The third-order valence-electron chi connectivity index (χ3n) is 5.37. The number of fused-ring (bicyclic) bond motifs is 1. The van der Waals surface area contributed by atoms with Gasteiger partial charge in [0.25, 0.3) is 5.91 Å². The van der Waals surface area contributed by atoms with Crippen molar-refractivity contribution in [2.45, 2.75) is 39.6 Å². The Morgan fingerprint density at radius 1 is 1.22 bits per heavy atom. The highest BCUT2D eigenvalue weighted by Crippen LogP contribution is 2.30. The summed E-state index contributed by atoms with van der Waals surface area (Å²) in [6, 6.07) is 4.98. The maximum atomic E-state index is 13.1. The molecular weight excluding hydrogens is 484 g/mol. The zero-order valence-corrected chi connectivity index (χ0v) is 21.7. The number of hydrogen-bond acceptors (Lipinski definition) is 8. The minimum Gasteiger partial charge on any atom is -0.491 e. The van der Waals surface area contributed by atoms with E-state index in [9.17, 15) is 9.59 Å². The molecule has 3 aromatic rings. The maximum Gasteiger partial charge on any atom is 0.297 e. The average molecular weight is 517 g/mol. The molecule has 2 aromatic heterocycles. The standard InChI is InChI=1S/C24H32N6O5S/c1-5-30-17(12-15(2)28-30)23(32)27-24-29(10-7-6-9-25)21-18(35-11-8-20(33-3)34-4)13-16(22(26)31)14-19(21)36-24/h6-7,12-14,20H,5,8-11,25H2,1-4H3,(H2,26,31)/b7-6+,27-24-. The first-order valence-corrected chi connectivity index (χ1v) is 12.3. The van der Waals surface area contributed by atoms with Gasteiger partial charge in [-0.2, -0.15) is 10.1 Å². The van der Waals surface area contributed by atoms with Gasteiger partial charge in [0.15, 0.2) is 11.1 Å². The van der Waals surface area contributed by atoms with E-state index in [0.29, 0.717) is 52.5 Å². The van der Waals surface area contributed by atoms with E-state index in [1.54, 1.807) is 37.1 Å². The van der Waals surface area contributed by atoms with Crippen molar-refractivity contribution in [2.75, 3.05) is 27.4 Å². The number of hydrogen-bond donors (Lipinski definition) is 2. The fourth-order valence-electron chi connectivity index (χ4n) is 3.66. The molecule has 0 aliphatic rings. The molecule has 0 saturated carbocycles. The van der Waals surface area contributed by atoms with E-state index in [0.717, 1.165) is 5.69 Å². The fourth-order valence-corrected chi connectivity index (χ4v) is 4.75. The van der Waals surface area contributed by atoms with Crippen molar-refractivity contribution in [1.29, 1.82) is 0 Å². The van der Waals surface area contributed by atoms with Crippen molar-refractivity contribution in [3.63, 3.8) is 0 Å². The van der Waals surface area contributed by atoms with Gasteiger partial charge in [0.05, 0.1) is 17.0 Å². The Morgan fingerprint density at radius 3 is 2.61 bits per heavy atom. The highest BCUT2D eigenvalue weighted by atomic mass is 32.1. The summed E-state index contributed by atoms with van der Waals surface area (Å²) in [5, 5.41) is 4.34. The van der Waals surface area contributed by atoms with Gasteiger partial charge in [0, 0.05) is 45.8 Å². The van der Waals surface area contributed by atoms with E-state index >= 15 is 0 Å². The number of aryl methyl sites for hydroxylation is 2. The Kier molecular flexibility index (Phi) is 9.53. The molecule has 12 heteroatoms. The summed E-state index contributed by atoms with van der Waals surface area (Å²) in [6.07, 6.45) is 3.73. The Labute approximate surface area is 213 Å². The van der Waals surface area contributed by atoms with E-state index in [1.807, 2.05) is 30.6 Å². The van der Waals surface area contributed by atoms with E-state index in [1.165, 1.54) is 11.3 Å². The molecule has 0 saturated heterocycles. The number of carbonyl (C=O) groups is 2. The van der Waals surface area contributed by atoms with Crippen molar-refractivity contribution in [3.05, 3.63) is 52.1 Å². The Morgan fingerprint density at radius 2 is 1.97 bits per heavy atom. The van der Waals surface area contributed by atoms with Crippen LogP contribution in [0.4, 0.5) is 0 Å². The summed E-state index contributed by atoms with van der Waals surface area (Å²) in [6.45, 7) is 5.30. The second kappa shape index (κ2) is 12.6. The lowest BCUT2D eigenvalue weighted by Gasteiger charge is -2.15. The summed E-state index contributed by atoms with van der Waals surface area (Å²) >= 11 is 1.26. The van der Waals surface area contributed by atoms with Gasteiger partial charge < -0.3 is 30.2 Å². The molecule has 2 amide bonds. The monoisotopic (exact) mass is 516 g/mol. The van der Waals surface area contributed by atoms with Crippen molar-refractivity contribution >= 4 is 33.4 Å². The number of carbonyl (C=O) groups excluding carboxylic acids is 2. The summed E-state index contributed by atoms with van der Waals surface area (Å²) in [5.74, 6) is -0.567. The molecule has 11 nitrogen and oxygen atoms in total. The van der Waals surface area contributed by atoms with Crippen LogP contribution in [0.15, 0.2) is 35.3 Å². The van der Waals surface area contributed by atoms with Gasteiger partial charge in [-0.1, -0.05) is 23.5 Å². The largest absolute Gasteiger partial charge is 0.491 e. The average Bonchev–Trinajstić information content (AvgIpc) is 3.41. The lowest BCUT2D eigenvalue weighted by atomic mass is 10.2. The first kappa shape index (κ1) is 27.3. The number of nitrogens with zero attached hydrogens (tertiary/aromatic N) is 4. The van der Waals surface area contributed by atoms with Crippen molar-refractivity contribution < 1.29 is 23.8 Å². The van der Waals surface area contributed by atoms with Gasteiger partial charge in [-0.15, -0.1) is 0 Å². The normalized spacial score (nSPS) is 12.3. The van der Waals surface area contributed by atoms with Crippen LogP contribution in [0.25, 0.3) is 10.2 Å². The molecular formula is C24H32N6O5S. The Hall–Kier alpha value is -3.32. The predicted octanol–water partition coefficient (Wildman–Crippen LogP) is 1.97. The number of thiazole rings is 1. The molecule has 36 heavy (non-hydrogen) atoms. The quantitative estimate of drug-likeness (QED) is 0.276. The van der Waals surface area contributed by atoms with Crippen LogP contribution < -0.4 is 21.0 Å². The van der Waals surface area contributed by atoms with E-state index in [-0.39, 0.29) is 12.2 Å². The summed E-state index contributed by atoms with van der Waals surface area (Å²) in [5.41, 5.74) is 13.3. The lowest BCUT2D eigenvalue weighted by Crippen LogP contribution is -2.19. The number of aromatic nitrogens is 3. The zero-order chi connectivity index (χ0) is 26.2. The Balaban J connectivity index is 2.16. The number of benzene rings is 1. The first-order chi connectivity index (χ1) is 17.3. The van der Waals surface area contributed by atoms with Crippen LogP contribution in [0.1, 0.15) is 39.9 Å². The van der Waals surface area contributed by atoms with Crippen molar-refractivity contribution in [1.82, 2.24) is 14.3 Å². The number of primary amides is 1. The molecule has 0 fully saturated rings. The molecule has 2 heterocycles. The molecule has 0 spiro atoms. The number of rotatable bonds is 12. The first-order valence-electron chi connectivity index (χ1n) is 11.5. The summed E-state index contributed by atoms with van der Waals surface area (Å²) in [7, 11) is 3.10. The van der Waals surface area contributed by atoms with Gasteiger partial charge in [-0.25, -0.2) is 0 Å². The second-order valence-corrected chi connectivity index (χ2v) is 8.84. The molecule has 1 aromatic carbocycles. The minimum absolute atomic E-state index is 0.262. The van der Waals surface area contributed by atoms with Crippen LogP contribution >= 0.6 is 11.3 Å². The van der Waals surface area contributed by atoms with Crippen LogP contribution in [0.2, 0.25) is 0 Å². The molecule has 0 aliphatic heterocycles. The van der Waals surface area contributed by atoms with Gasteiger partial charge >= 0.3 is 0 Å². The minimum atomic E-state index is -0.590. The van der Waals surface area contributed by atoms with E-state index in [2.05, 4.69) is 10.1 Å². The highest BCUT2D eigenvalue weighted by molar-refractivity contribution is 7.16. The van der Waals surface area contributed by atoms with Crippen LogP contribution in [0.5, 0.6) is 5.75 Å². The van der Waals surface area contributed by atoms with Gasteiger partial charge in [-0.05, 0) is 32.0 Å². The maximum absolute atomic E-state index is 13.1. The fraction of sp³-hybridized carbons (Fsp3) is 0.417. The number of amides is 2. The Bertz CT molecular complexity index is 1320. The highest BCUT2D eigenvalue weighted by Gasteiger charge is 2.18. The second-order valence-electron chi connectivity index (χ2n) is 7.83. The molecule has 0 atom stereocenters. The third kappa shape index (κ3) is 6.26. The molecule has 3 rings (SSSR count). The summed E-state index contributed by atoms with van der Waals surface area (Å²) in [4.78, 5) is 30.0. The zero-order valence-electron chi connectivity index (χ0n) is 20.9. The predicted molar refractivity (Wildman–Crippen MR) is 137 cm³/mol. The molecule has 194 valence electrons. The third-order valence-corrected chi connectivity index (χ3v) is 6.40. The number of ether oxygens (including phenoxy) is 3. The van der Waals surface area contributed by atoms with Gasteiger partial charge in [0.2, 0.25) is 5.91 Å².